The van der Waals surface area contributed by atoms with Crippen LogP contribution in [0.15, 0.2) is 48.5 Å². The minimum absolute atomic E-state index is 0.0112. The number of hydrogen-bond acceptors (Lipinski definition) is 5. The molecular weight excluding hydrogens is 342 g/mol. The number of likely N-dealkylation sites (tertiary alicyclic amines) is 1. The van der Waals surface area contributed by atoms with Gasteiger partial charge in [-0.1, -0.05) is 30.3 Å². The Morgan fingerprint density at radius 3 is 2.89 bits per heavy atom. The van der Waals surface area contributed by atoms with Crippen LogP contribution in [0.2, 0.25) is 0 Å². The molecule has 0 aliphatic carbocycles. The van der Waals surface area contributed by atoms with Gasteiger partial charge < -0.3 is 9.64 Å². The van der Waals surface area contributed by atoms with Crippen molar-refractivity contribution in [3.63, 3.8) is 0 Å². The molecular formula is C20H21N5O2. The highest BCUT2D eigenvalue weighted by Gasteiger charge is 2.30. The van der Waals surface area contributed by atoms with Gasteiger partial charge in [0.25, 0.3) is 5.91 Å². The van der Waals surface area contributed by atoms with E-state index in [9.17, 15) is 4.79 Å². The molecule has 2 aromatic carbocycles. The van der Waals surface area contributed by atoms with Crippen molar-refractivity contribution in [3.05, 3.63) is 59.7 Å². The Bertz CT molecular complexity index is 926. The monoisotopic (exact) mass is 363 g/mol. The first-order chi connectivity index (χ1) is 13.3. The molecule has 27 heavy (non-hydrogen) atoms. The fourth-order valence-electron chi connectivity index (χ4n) is 3.67. The molecule has 1 aliphatic rings. The summed E-state index contributed by atoms with van der Waals surface area (Å²) in [6.07, 6.45) is 3.03. The van der Waals surface area contributed by atoms with E-state index in [2.05, 4.69) is 26.7 Å². The minimum Gasteiger partial charge on any atom is -0.497 e. The average Bonchev–Trinajstić information content (AvgIpc) is 3.28. The maximum Gasteiger partial charge on any atom is 0.255 e. The molecule has 0 radical (unpaired) electrons. The van der Waals surface area contributed by atoms with Gasteiger partial charge in [0, 0.05) is 12.1 Å². The maximum absolute atomic E-state index is 13.5. The van der Waals surface area contributed by atoms with E-state index in [1.807, 2.05) is 47.4 Å². The zero-order chi connectivity index (χ0) is 18.6. The largest absolute Gasteiger partial charge is 0.497 e. The van der Waals surface area contributed by atoms with Crippen LogP contribution < -0.4 is 4.74 Å². The van der Waals surface area contributed by atoms with Crippen molar-refractivity contribution in [2.45, 2.75) is 25.3 Å². The molecule has 0 spiro atoms. The minimum atomic E-state index is -0.0112. The van der Waals surface area contributed by atoms with Gasteiger partial charge in [0.2, 0.25) is 5.82 Å². The fourth-order valence-corrected chi connectivity index (χ4v) is 3.67. The molecule has 1 aromatic heterocycles. The number of amides is 1. The van der Waals surface area contributed by atoms with Crippen molar-refractivity contribution in [1.29, 1.82) is 0 Å². The van der Waals surface area contributed by atoms with Crippen LogP contribution >= 0.6 is 0 Å². The highest BCUT2D eigenvalue weighted by atomic mass is 16.5. The molecule has 1 unspecified atom stereocenters. The number of H-pyrrole nitrogens is 1. The molecule has 1 atom stereocenters. The zero-order valence-electron chi connectivity index (χ0n) is 15.1. The molecule has 1 fully saturated rings. The number of nitrogens with zero attached hydrogens (tertiary/aromatic N) is 4. The van der Waals surface area contributed by atoms with Gasteiger partial charge in [-0.05, 0) is 48.2 Å². The van der Waals surface area contributed by atoms with Gasteiger partial charge in [0.1, 0.15) is 5.75 Å². The normalized spacial score (nSPS) is 16.9. The van der Waals surface area contributed by atoms with E-state index in [0.717, 1.165) is 37.1 Å². The number of carbonyl (C=O) groups is 1. The summed E-state index contributed by atoms with van der Waals surface area (Å²) in [4.78, 5) is 15.4. The molecule has 1 aliphatic heterocycles. The Balaban J connectivity index is 1.70. The average molecular weight is 363 g/mol. The second-order valence-corrected chi connectivity index (χ2v) is 6.57. The van der Waals surface area contributed by atoms with E-state index in [0.29, 0.717) is 17.0 Å². The van der Waals surface area contributed by atoms with Gasteiger partial charge in [0.05, 0.1) is 18.7 Å². The summed E-state index contributed by atoms with van der Waals surface area (Å²) in [6.45, 7) is 0.724. The number of methoxy groups -OCH3 is 1. The number of carbonyl (C=O) groups excluding carboxylic acids is 1. The predicted molar refractivity (Wildman–Crippen MR) is 100 cm³/mol. The van der Waals surface area contributed by atoms with Crippen LogP contribution in [-0.4, -0.2) is 45.1 Å². The van der Waals surface area contributed by atoms with Crippen LogP contribution in [0.25, 0.3) is 11.4 Å². The van der Waals surface area contributed by atoms with E-state index >= 15 is 0 Å². The Morgan fingerprint density at radius 2 is 2.07 bits per heavy atom. The number of aromatic amines is 1. The molecule has 0 saturated carbocycles. The van der Waals surface area contributed by atoms with Crippen molar-refractivity contribution < 1.29 is 9.53 Å². The molecule has 3 aromatic rings. The summed E-state index contributed by atoms with van der Waals surface area (Å²) >= 11 is 0. The number of rotatable bonds is 4. The Hall–Kier alpha value is -3.22. The highest BCUT2D eigenvalue weighted by molar-refractivity contribution is 6.00. The number of hydrogen-bond donors (Lipinski definition) is 1. The van der Waals surface area contributed by atoms with Gasteiger partial charge in [-0.15, -0.1) is 10.2 Å². The van der Waals surface area contributed by atoms with E-state index in [1.165, 1.54) is 0 Å². The molecule has 7 heteroatoms. The van der Waals surface area contributed by atoms with Crippen molar-refractivity contribution in [2.75, 3.05) is 13.7 Å². The molecule has 2 heterocycles. The second kappa shape index (κ2) is 7.57. The second-order valence-electron chi connectivity index (χ2n) is 6.57. The first-order valence-corrected chi connectivity index (χ1v) is 9.05. The standard InChI is InChI=1S/C20H21N5O2/c1-27-15-8-6-7-14(13-15)18-11-4-5-12-25(18)20(26)17-10-3-2-9-16(17)19-21-23-24-22-19/h2-3,6-10,13,18H,4-5,11-12H2,1H3,(H,21,22,23,24). The summed E-state index contributed by atoms with van der Waals surface area (Å²) in [5, 5.41) is 14.2. The number of piperidine rings is 1. The lowest BCUT2D eigenvalue weighted by Gasteiger charge is -2.36. The summed E-state index contributed by atoms with van der Waals surface area (Å²) in [7, 11) is 1.66. The molecule has 1 amide bonds. The summed E-state index contributed by atoms with van der Waals surface area (Å²) < 4.78 is 5.36. The van der Waals surface area contributed by atoms with Gasteiger partial charge in [-0.3, -0.25) is 4.79 Å². The maximum atomic E-state index is 13.5. The summed E-state index contributed by atoms with van der Waals surface area (Å²) in [5.74, 6) is 1.22. The summed E-state index contributed by atoms with van der Waals surface area (Å²) in [5.41, 5.74) is 2.37. The Kier molecular flexibility index (Phi) is 4.82. The van der Waals surface area contributed by atoms with Crippen LogP contribution in [0.4, 0.5) is 0 Å². The SMILES string of the molecule is COc1cccc(C2CCCCN2C(=O)c2ccccc2-c2nn[nH]n2)c1. The van der Waals surface area contributed by atoms with Crippen LogP contribution in [0.3, 0.4) is 0 Å². The molecule has 1 N–H and O–H groups in total. The van der Waals surface area contributed by atoms with Gasteiger partial charge in [0.15, 0.2) is 0 Å². The third-order valence-corrected chi connectivity index (χ3v) is 4.99. The van der Waals surface area contributed by atoms with E-state index in [4.69, 9.17) is 4.74 Å². The highest BCUT2D eigenvalue weighted by Crippen LogP contribution is 2.34. The quantitative estimate of drug-likeness (QED) is 0.769. The van der Waals surface area contributed by atoms with Crippen LogP contribution in [0.5, 0.6) is 5.75 Å². The lowest BCUT2D eigenvalue weighted by atomic mass is 9.93. The van der Waals surface area contributed by atoms with Crippen LogP contribution in [-0.2, 0) is 0 Å². The van der Waals surface area contributed by atoms with Crippen LogP contribution in [0, 0.1) is 0 Å². The summed E-state index contributed by atoms with van der Waals surface area (Å²) in [6, 6.07) is 15.4. The molecule has 138 valence electrons. The molecule has 1 saturated heterocycles. The zero-order valence-corrected chi connectivity index (χ0v) is 15.1. The Morgan fingerprint density at radius 1 is 1.19 bits per heavy atom. The lowest BCUT2D eigenvalue weighted by molar-refractivity contribution is 0.0612. The van der Waals surface area contributed by atoms with Crippen molar-refractivity contribution in [1.82, 2.24) is 25.5 Å². The van der Waals surface area contributed by atoms with E-state index in [1.54, 1.807) is 7.11 Å². The number of tetrazole rings is 1. The smallest absolute Gasteiger partial charge is 0.255 e. The number of benzene rings is 2. The number of ether oxygens (including phenoxy) is 1. The fraction of sp³-hybridized carbons (Fsp3) is 0.300. The lowest BCUT2D eigenvalue weighted by Crippen LogP contribution is -2.38. The number of nitrogens with one attached hydrogen (secondary N) is 1. The third-order valence-electron chi connectivity index (χ3n) is 4.99. The predicted octanol–water partition coefficient (Wildman–Crippen LogP) is 3.24. The first kappa shape index (κ1) is 17.2. The van der Waals surface area contributed by atoms with Gasteiger partial charge >= 0.3 is 0 Å². The Labute approximate surface area is 157 Å². The van der Waals surface area contributed by atoms with Gasteiger partial charge in [-0.25, -0.2) is 0 Å². The molecule has 7 nitrogen and oxygen atoms in total. The number of aromatic nitrogens is 4. The van der Waals surface area contributed by atoms with Crippen molar-refractivity contribution in [2.24, 2.45) is 0 Å². The van der Waals surface area contributed by atoms with E-state index in [-0.39, 0.29) is 11.9 Å². The third kappa shape index (κ3) is 3.40. The molecule has 0 bridgehead atoms. The first-order valence-electron chi connectivity index (χ1n) is 9.05. The van der Waals surface area contributed by atoms with Crippen molar-refractivity contribution in [3.8, 4) is 17.1 Å². The van der Waals surface area contributed by atoms with Gasteiger partial charge in [-0.2, -0.15) is 5.21 Å². The van der Waals surface area contributed by atoms with E-state index < -0.39 is 0 Å². The topological polar surface area (TPSA) is 84.0 Å². The molecule has 4 rings (SSSR count). The van der Waals surface area contributed by atoms with Crippen LogP contribution in [0.1, 0.15) is 41.2 Å². The van der Waals surface area contributed by atoms with Crippen molar-refractivity contribution >= 4 is 5.91 Å².